The molecule has 0 saturated carbocycles. The van der Waals surface area contributed by atoms with Crippen molar-refractivity contribution < 1.29 is 43.2 Å². The Morgan fingerprint density at radius 3 is 1.59 bits per heavy atom. The lowest BCUT2D eigenvalue weighted by Crippen LogP contribution is -2.61. The molecule has 9 heteroatoms. The minimum absolute atomic E-state index is 0.232. The predicted octanol–water partition coefficient (Wildman–Crippen LogP) is 3.03. The molecule has 1 heterocycles. The molecule has 1 saturated heterocycles. The lowest BCUT2D eigenvalue weighted by Gasteiger charge is -2.42. The normalized spacial score (nSPS) is 23.0. The number of rotatable bonds is 8. The predicted molar refractivity (Wildman–Crippen MR) is 130 cm³/mol. The molecule has 1 aliphatic heterocycles. The van der Waals surface area contributed by atoms with Gasteiger partial charge in [-0.2, -0.15) is 0 Å². The summed E-state index contributed by atoms with van der Waals surface area (Å²) in [4.78, 5) is 38.4. The maximum Gasteiger partial charge on any atom is 0.338 e. The third-order valence-electron chi connectivity index (χ3n) is 5.74. The minimum atomic E-state index is -1.51. The van der Waals surface area contributed by atoms with Crippen LogP contribution in [0.2, 0.25) is 0 Å². The molecular formula is C28H26O9. The van der Waals surface area contributed by atoms with Crippen molar-refractivity contribution in [3.8, 4) is 0 Å². The van der Waals surface area contributed by atoms with Crippen molar-refractivity contribution in [2.45, 2.75) is 30.7 Å². The first-order chi connectivity index (χ1) is 18.0. The quantitative estimate of drug-likeness (QED) is 0.363. The number of hydrogen-bond donors (Lipinski definition) is 1. The number of carbonyl (C=O) groups excluding carboxylic acids is 3. The largest absolute Gasteiger partial charge is 0.459 e. The summed E-state index contributed by atoms with van der Waals surface area (Å²) < 4.78 is 27.8. The Kier molecular flexibility index (Phi) is 8.63. The Morgan fingerprint density at radius 1 is 0.703 bits per heavy atom. The highest BCUT2D eigenvalue weighted by molar-refractivity contribution is 5.90. The molecule has 0 aromatic heterocycles. The number of esters is 3. The van der Waals surface area contributed by atoms with Gasteiger partial charge < -0.3 is 28.8 Å². The fourth-order valence-electron chi connectivity index (χ4n) is 3.85. The van der Waals surface area contributed by atoms with E-state index in [9.17, 15) is 19.5 Å². The highest BCUT2D eigenvalue weighted by Crippen LogP contribution is 2.28. The first kappa shape index (κ1) is 26.0. The van der Waals surface area contributed by atoms with Crippen LogP contribution in [0.5, 0.6) is 0 Å². The number of hydrogen-bond acceptors (Lipinski definition) is 9. The van der Waals surface area contributed by atoms with Crippen LogP contribution < -0.4 is 0 Å². The van der Waals surface area contributed by atoms with Gasteiger partial charge in [0.05, 0.1) is 16.7 Å². The van der Waals surface area contributed by atoms with Gasteiger partial charge in [-0.05, 0) is 36.4 Å². The minimum Gasteiger partial charge on any atom is -0.459 e. The first-order valence-electron chi connectivity index (χ1n) is 11.6. The van der Waals surface area contributed by atoms with Crippen molar-refractivity contribution >= 4 is 17.9 Å². The maximum atomic E-state index is 12.9. The van der Waals surface area contributed by atoms with Crippen LogP contribution in [0.1, 0.15) is 31.1 Å². The van der Waals surface area contributed by atoms with E-state index in [1.165, 1.54) is 7.11 Å². The smallest absolute Gasteiger partial charge is 0.338 e. The van der Waals surface area contributed by atoms with Gasteiger partial charge in [-0.1, -0.05) is 54.6 Å². The van der Waals surface area contributed by atoms with Gasteiger partial charge >= 0.3 is 17.9 Å². The summed E-state index contributed by atoms with van der Waals surface area (Å²) in [5.41, 5.74) is 0.779. The first-order valence-corrected chi connectivity index (χ1v) is 11.6. The van der Waals surface area contributed by atoms with E-state index in [2.05, 4.69) is 0 Å². The zero-order valence-electron chi connectivity index (χ0n) is 20.0. The van der Waals surface area contributed by atoms with Gasteiger partial charge in [-0.3, -0.25) is 0 Å². The van der Waals surface area contributed by atoms with Crippen molar-refractivity contribution in [3.05, 3.63) is 108 Å². The van der Waals surface area contributed by atoms with Gasteiger partial charge in [0.2, 0.25) is 0 Å². The molecule has 0 spiro atoms. The molecule has 5 atom stereocenters. The van der Waals surface area contributed by atoms with Crippen molar-refractivity contribution in [1.29, 1.82) is 0 Å². The highest BCUT2D eigenvalue weighted by atomic mass is 16.7. The van der Waals surface area contributed by atoms with Crippen molar-refractivity contribution in [2.75, 3.05) is 13.7 Å². The second kappa shape index (κ2) is 12.3. The molecule has 1 fully saturated rings. The molecular weight excluding hydrogens is 480 g/mol. The summed E-state index contributed by atoms with van der Waals surface area (Å²) in [6, 6.07) is 24.6. The van der Waals surface area contributed by atoms with E-state index in [4.69, 9.17) is 23.7 Å². The maximum absolute atomic E-state index is 12.9. The van der Waals surface area contributed by atoms with Crippen LogP contribution in [0.15, 0.2) is 91.0 Å². The number of aliphatic hydroxyl groups excluding tert-OH is 1. The van der Waals surface area contributed by atoms with Gasteiger partial charge in [0.1, 0.15) is 18.8 Å². The monoisotopic (exact) mass is 506 g/mol. The SMILES string of the molecule is CO[C@@H]1O[C@H](COC(=O)c2ccccc2)[C@H](OC(=O)c2ccccc2)[C@H](OC(=O)c2ccccc2)[C@@H]1O. The van der Waals surface area contributed by atoms with Crippen LogP contribution >= 0.6 is 0 Å². The molecule has 0 bridgehead atoms. The Labute approximate surface area is 213 Å². The molecule has 0 unspecified atom stereocenters. The third kappa shape index (κ3) is 6.39. The average Bonchev–Trinajstić information content (AvgIpc) is 2.95. The van der Waals surface area contributed by atoms with Crippen LogP contribution in [0, 0.1) is 0 Å². The van der Waals surface area contributed by atoms with E-state index < -0.39 is 48.6 Å². The Balaban J connectivity index is 1.60. The van der Waals surface area contributed by atoms with E-state index in [-0.39, 0.29) is 17.7 Å². The summed E-state index contributed by atoms with van der Waals surface area (Å²) in [6.07, 6.45) is -6.60. The summed E-state index contributed by atoms with van der Waals surface area (Å²) >= 11 is 0. The molecule has 1 N–H and O–H groups in total. The number of aliphatic hydroxyl groups is 1. The van der Waals surface area contributed by atoms with Gasteiger partial charge in [0.25, 0.3) is 0 Å². The van der Waals surface area contributed by atoms with Crippen LogP contribution in [0.4, 0.5) is 0 Å². The second-order valence-electron chi connectivity index (χ2n) is 8.21. The van der Waals surface area contributed by atoms with E-state index >= 15 is 0 Å². The van der Waals surface area contributed by atoms with Crippen LogP contribution in [-0.2, 0) is 23.7 Å². The molecule has 0 amide bonds. The molecule has 9 nitrogen and oxygen atoms in total. The topological polar surface area (TPSA) is 118 Å². The molecule has 1 aliphatic rings. The number of ether oxygens (including phenoxy) is 5. The fourth-order valence-corrected chi connectivity index (χ4v) is 3.85. The highest BCUT2D eigenvalue weighted by Gasteiger charge is 2.50. The van der Waals surface area contributed by atoms with E-state index in [1.54, 1.807) is 91.0 Å². The summed E-state index contributed by atoms with van der Waals surface area (Å²) in [5, 5.41) is 10.9. The van der Waals surface area contributed by atoms with Crippen molar-refractivity contribution in [1.82, 2.24) is 0 Å². The molecule has 4 rings (SSSR count). The Hall–Kier alpha value is -4.05. The zero-order chi connectivity index (χ0) is 26.2. The van der Waals surface area contributed by atoms with Crippen molar-refractivity contribution in [3.63, 3.8) is 0 Å². The van der Waals surface area contributed by atoms with E-state index in [0.29, 0.717) is 5.56 Å². The van der Waals surface area contributed by atoms with Gasteiger partial charge in [0.15, 0.2) is 18.5 Å². The zero-order valence-corrected chi connectivity index (χ0v) is 20.0. The fraction of sp³-hybridized carbons (Fsp3) is 0.250. The molecule has 37 heavy (non-hydrogen) atoms. The molecule has 192 valence electrons. The second-order valence-corrected chi connectivity index (χ2v) is 8.21. The van der Waals surface area contributed by atoms with Crippen LogP contribution in [-0.4, -0.2) is 67.4 Å². The Morgan fingerprint density at radius 2 is 1.14 bits per heavy atom. The van der Waals surface area contributed by atoms with Gasteiger partial charge in [-0.15, -0.1) is 0 Å². The van der Waals surface area contributed by atoms with E-state index in [1.807, 2.05) is 0 Å². The average molecular weight is 507 g/mol. The van der Waals surface area contributed by atoms with Crippen LogP contribution in [0.25, 0.3) is 0 Å². The summed E-state index contributed by atoms with van der Waals surface area (Å²) in [7, 11) is 1.30. The number of methoxy groups -OCH3 is 1. The molecule has 0 radical (unpaired) electrons. The molecule has 0 aliphatic carbocycles. The number of carbonyl (C=O) groups is 3. The van der Waals surface area contributed by atoms with Crippen molar-refractivity contribution in [2.24, 2.45) is 0 Å². The van der Waals surface area contributed by atoms with Crippen LogP contribution in [0.3, 0.4) is 0 Å². The Bertz CT molecular complexity index is 1180. The van der Waals surface area contributed by atoms with E-state index in [0.717, 1.165) is 0 Å². The molecule has 3 aromatic rings. The molecule has 3 aromatic carbocycles. The lowest BCUT2D eigenvalue weighted by atomic mass is 9.98. The standard InChI is InChI=1S/C28H26O9/c1-33-28-22(29)24(37-27(32)20-15-9-4-10-16-20)23(36-26(31)19-13-7-3-8-14-19)21(35-28)17-34-25(30)18-11-5-2-6-12-18/h2-16,21-24,28-29H,17H2,1H3/t21-,22+,23+,24-,28-/m1/s1. The lowest BCUT2D eigenvalue weighted by molar-refractivity contribution is -0.292. The number of benzene rings is 3. The summed E-state index contributed by atoms with van der Waals surface area (Å²) in [6.45, 7) is -0.369. The third-order valence-corrected chi connectivity index (χ3v) is 5.74. The van der Waals surface area contributed by atoms with Gasteiger partial charge in [0, 0.05) is 7.11 Å². The summed E-state index contributed by atoms with van der Waals surface area (Å²) in [5.74, 6) is -2.12. The van der Waals surface area contributed by atoms with Gasteiger partial charge in [-0.25, -0.2) is 14.4 Å².